The Morgan fingerprint density at radius 3 is 2.51 bits per heavy atom. The first kappa shape index (κ1) is 22.5. The molecule has 0 amide bonds. The number of halogens is 2. The van der Waals surface area contributed by atoms with Gasteiger partial charge in [-0.05, 0) is 41.5 Å². The lowest BCUT2D eigenvalue weighted by molar-refractivity contribution is 0.260. The minimum absolute atomic E-state index is 0.132. The van der Waals surface area contributed by atoms with E-state index in [1.807, 2.05) is 6.07 Å². The molecule has 0 aliphatic rings. The van der Waals surface area contributed by atoms with Gasteiger partial charge in [-0.2, -0.15) is 5.26 Å². The van der Waals surface area contributed by atoms with Gasteiger partial charge in [0, 0.05) is 36.1 Å². The minimum atomic E-state index is -2.15. The maximum absolute atomic E-state index is 17.3. The molecule has 35 heavy (non-hydrogen) atoms. The molecule has 0 bridgehead atoms. The molecule has 172 valence electrons. The summed E-state index contributed by atoms with van der Waals surface area (Å²) in [6.45, 7) is 0. The van der Waals surface area contributed by atoms with E-state index in [0.29, 0.717) is 43.9 Å². The summed E-state index contributed by atoms with van der Waals surface area (Å²) in [4.78, 5) is 21.3. The van der Waals surface area contributed by atoms with Crippen LogP contribution in [0.4, 0.5) is 4.39 Å². The van der Waals surface area contributed by atoms with Crippen LogP contribution in [-0.4, -0.2) is 19.1 Å². The van der Waals surface area contributed by atoms with Gasteiger partial charge in [-0.1, -0.05) is 35.9 Å². The number of hydrogen-bond acceptors (Lipinski definition) is 4. The van der Waals surface area contributed by atoms with E-state index >= 15 is 4.39 Å². The van der Waals surface area contributed by atoms with E-state index < -0.39 is 5.67 Å². The Morgan fingerprint density at radius 1 is 1.06 bits per heavy atom. The molecule has 8 heteroatoms. The van der Waals surface area contributed by atoms with Gasteiger partial charge in [0.2, 0.25) is 5.67 Å². The Morgan fingerprint density at radius 2 is 1.83 bits per heavy atom. The van der Waals surface area contributed by atoms with Crippen LogP contribution in [0.15, 0.2) is 84.2 Å². The lowest BCUT2D eigenvalue weighted by Gasteiger charge is -2.26. The molecule has 3 aromatic heterocycles. The Bertz CT molecular complexity index is 1680. The second-order valence-electron chi connectivity index (χ2n) is 8.29. The van der Waals surface area contributed by atoms with Gasteiger partial charge in [0.1, 0.15) is 0 Å². The number of nitriles is 1. The zero-order valence-corrected chi connectivity index (χ0v) is 19.7. The van der Waals surface area contributed by atoms with Crippen molar-refractivity contribution in [3.63, 3.8) is 0 Å². The fraction of sp³-hybridized carbons (Fsp3) is 0.111. The summed E-state index contributed by atoms with van der Waals surface area (Å²) < 4.78 is 20.4. The topological polar surface area (TPSA) is 76.5 Å². The molecule has 3 heterocycles. The predicted molar refractivity (Wildman–Crippen MR) is 133 cm³/mol. The van der Waals surface area contributed by atoms with E-state index in [4.69, 9.17) is 11.6 Å². The van der Waals surface area contributed by atoms with Gasteiger partial charge in [-0.15, -0.1) is 0 Å². The van der Waals surface area contributed by atoms with E-state index in [1.54, 1.807) is 67.2 Å². The highest BCUT2D eigenvalue weighted by Crippen LogP contribution is 2.41. The monoisotopic (exact) mass is 483 g/mol. The van der Waals surface area contributed by atoms with Crippen molar-refractivity contribution in [1.29, 1.82) is 5.26 Å². The third-order valence-corrected chi connectivity index (χ3v) is 6.45. The predicted octanol–water partition coefficient (Wildman–Crippen LogP) is 5.12. The van der Waals surface area contributed by atoms with Crippen molar-refractivity contribution >= 4 is 22.5 Å². The highest BCUT2D eigenvalue weighted by molar-refractivity contribution is 6.30. The number of pyridine rings is 2. The molecular formula is C27H19ClFN5O. The number of hydrogen-bond donors (Lipinski definition) is 0. The van der Waals surface area contributed by atoms with Crippen molar-refractivity contribution in [3.8, 4) is 17.2 Å². The van der Waals surface area contributed by atoms with Crippen LogP contribution in [0, 0.1) is 11.3 Å². The van der Waals surface area contributed by atoms with Gasteiger partial charge in [-0.3, -0.25) is 9.78 Å². The summed E-state index contributed by atoms with van der Waals surface area (Å²) in [5, 5.41) is 10.5. The van der Waals surface area contributed by atoms with Gasteiger partial charge in [0.05, 0.1) is 47.3 Å². The summed E-state index contributed by atoms with van der Waals surface area (Å²) in [5.74, 6) is 0. The minimum Gasteiger partial charge on any atom is -0.334 e. The first-order chi connectivity index (χ1) is 16.8. The van der Waals surface area contributed by atoms with Crippen LogP contribution >= 0.6 is 11.6 Å². The molecule has 5 rings (SSSR count). The Labute approximate surface area is 205 Å². The molecule has 0 spiro atoms. The first-order valence-electron chi connectivity index (χ1n) is 10.8. The third kappa shape index (κ3) is 3.69. The number of aryl methyl sites for hydroxylation is 2. The molecule has 0 aliphatic heterocycles. The standard InChI is InChI=1S/C27H19ClFN5O/c1-33-16-31-15-25(33)27(29,19-6-8-20(28)9-7-19)24-11-22-21(18-5-3-4-17(10-18)13-30)12-26(35)34(2)23(22)14-32-24/h3-12,14-16H,1-2H3. The molecule has 0 saturated carbocycles. The smallest absolute Gasteiger partial charge is 0.251 e. The summed E-state index contributed by atoms with van der Waals surface area (Å²) >= 11 is 6.08. The fourth-order valence-electron chi connectivity index (χ4n) is 4.33. The van der Waals surface area contributed by atoms with Crippen molar-refractivity contribution in [2.24, 2.45) is 14.1 Å². The highest BCUT2D eigenvalue weighted by Gasteiger charge is 2.41. The van der Waals surface area contributed by atoms with Gasteiger partial charge < -0.3 is 9.13 Å². The second-order valence-corrected chi connectivity index (χ2v) is 8.73. The number of nitrogens with zero attached hydrogens (tertiary/aromatic N) is 5. The summed E-state index contributed by atoms with van der Waals surface area (Å²) in [5.41, 5.74) is 0.660. The van der Waals surface area contributed by atoms with Crippen molar-refractivity contribution in [1.82, 2.24) is 19.1 Å². The maximum Gasteiger partial charge on any atom is 0.251 e. The van der Waals surface area contributed by atoms with Crippen molar-refractivity contribution in [2.75, 3.05) is 0 Å². The number of alkyl halides is 1. The van der Waals surface area contributed by atoms with Crippen LogP contribution in [0.2, 0.25) is 5.02 Å². The number of rotatable bonds is 4. The molecule has 2 aromatic carbocycles. The van der Waals surface area contributed by atoms with Crippen LogP contribution < -0.4 is 5.56 Å². The van der Waals surface area contributed by atoms with Gasteiger partial charge in [0.25, 0.3) is 5.56 Å². The highest BCUT2D eigenvalue weighted by atomic mass is 35.5. The number of benzene rings is 2. The lowest BCUT2D eigenvalue weighted by atomic mass is 9.87. The van der Waals surface area contributed by atoms with E-state index in [-0.39, 0.29) is 11.3 Å². The molecule has 5 aromatic rings. The first-order valence-corrected chi connectivity index (χ1v) is 11.1. The molecular weight excluding hydrogens is 465 g/mol. The lowest BCUT2D eigenvalue weighted by Crippen LogP contribution is -2.28. The summed E-state index contributed by atoms with van der Waals surface area (Å²) in [6, 6.07) is 18.7. The van der Waals surface area contributed by atoms with Crippen molar-refractivity contribution in [3.05, 3.63) is 117 Å². The number of fused-ring (bicyclic) bond motifs is 1. The largest absolute Gasteiger partial charge is 0.334 e. The molecule has 0 fully saturated rings. The second kappa shape index (κ2) is 8.49. The zero-order valence-electron chi connectivity index (χ0n) is 18.9. The maximum atomic E-state index is 17.3. The quantitative estimate of drug-likeness (QED) is 0.355. The Balaban J connectivity index is 1.84. The van der Waals surface area contributed by atoms with E-state index in [0.717, 1.165) is 0 Å². The molecule has 0 saturated heterocycles. The summed E-state index contributed by atoms with van der Waals surface area (Å²) in [7, 11) is 3.36. The van der Waals surface area contributed by atoms with Gasteiger partial charge in [-0.25, -0.2) is 9.37 Å². The van der Waals surface area contributed by atoms with Crippen LogP contribution in [0.1, 0.15) is 22.5 Å². The molecule has 0 N–H and O–H groups in total. The van der Waals surface area contributed by atoms with E-state index in [9.17, 15) is 10.1 Å². The van der Waals surface area contributed by atoms with Crippen molar-refractivity contribution < 1.29 is 4.39 Å². The molecule has 6 nitrogen and oxygen atoms in total. The zero-order chi connectivity index (χ0) is 24.7. The number of imidazole rings is 1. The summed E-state index contributed by atoms with van der Waals surface area (Å²) in [6.07, 6.45) is 4.51. The molecule has 0 aliphatic carbocycles. The molecule has 1 atom stereocenters. The Kier molecular flexibility index (Phi) is 5.46. The average molecular weight is 484 g/mol. The van der Waals surface area contributed by atoms with Gasteiger partial charge >= 0.3 is 0 Å². The van der Waals surface area contributed by atoms with Crippen LogP contribution in [-0.2, 0) is 19.8 Å². The van der Waals surface area contributed by atoms with Gasteiger partial charge in [0.15, 0.2) is 0 Å². The van der Waals surface area contributed by atoms with E-state index in [2.05, 4.69) is 16.0 Å². The fourth-order valence-corrected chi connectivity index (χ4v) is 4.45. The molecule has 0 radical (unpaired) electrons. The SMILES string of the molecule is Cn1cncc1C(F)(c1ccc(Cl)cc1)c1cc2c(-c3cccc(C#N)c3)cc(=O)n(C)c2cn1. The molecule has 1 unspecified atom stereocenters. The average Bonchev–Trinajstić information content (AvgIpc) is 3.32. The third-order valence-electron chi connectivity index (χ3n) is 6.20. The number of aromatic nitrogens is 4. The van der Waals surface area contributed by atoms with Crippen molar-refractivity contribution in [2.45, 2.75) is 5.67 Å². The van der Waals surface area contributed by atoms with Crippen LogP contribution in [0.3, 0.4) is 0 Å². The normalized spacial score (nSPS) is 12.9. The Hall–Kier alpha value is -4.28. The van der Waals surface area contributed by atoms with Crippen LogP contribution in [0.25, 0.3) is 22.0 Å². The van der Waals surface area contributed by atoms with Crippen LogP contribution in [0.5, 0.6) is 0 Å². The van der Waals surface area contributed by atoms with E-state index in [1.165, 1.54) is 29.4 Å².